The summed E-state index contributed by atoms with van der Waals surface area (Å²) in [4.78, 5) is 52.1. The first-order chi connectivity index (χ1) is 14.9. The van der Waals surface area contributed by atoms with Gasteiger partial charge in [0.2, 0.25) is 17.6 Å². The number of hydrogen-bond donors (Lipinski definition) is 0. The monoisotopic (exact) mass is 442 g/mol. The molecule has 1 saturated carbocycles. The fourth-order valence-electron chi connectivity index (χ4n) is 4.67. The summed E-state index contributed by atoms with van der Waals surface area (Å²) in [6, 6.07) is 5.84. The second-order valence-corrected chi connectivity index (χ2v) is 9.33. The predicted molar refractivity (Wildman–Crippen MR) is 115 cm³/mol. The van der Waals surface area contributed by atoms with Crippen LogP contribution in [0.25, 0.3) is 0 Å². The third-order valence-electron chi connectivity index (χ3n) is 6.35. The molecule has 0 N–H and O–H groups in total. The fraction of sp³-hybridized carbons (Fsp3) is 0.478. The highest BCUT2D eigenvalue weighted by Crippen LogP contribution is 2.37. The molecule has 7 nitrogen and oxygen atoms in total. The molecule has 0 spiro atoms. The van der Waals surface area contributed by atoms with Crippen molar-refractivity contribution < 1.29 is 23.9 Å². The van der Waals surface area contributed by atoms with E-state index in [2.05, 4.69) is 4.57 Å². The average molecular weight is 443 g/mol. The summed E-state index contributed by atoms with van der Waals surface area (Å²) in [5.41, 5.74) is 2.29. The molecule has 3 heterocycles. The lowest BCUT2D eigenvalue weighted by Crippen LogP contribution is -2.37. The number of esters is 1. The van der Waals surface area contributed by atoms with Crippen LogP contribution in [-0.2, 0) is 25.7 Å². The molecule has 1 aliphatic carbocycles. The summed E-state index contributed by atoms with van der Waals surface area (Å²) in [6.07, 6.45) is 3.25. The standard InChI is InChI=1S/C23H26N2O5S/c1-14-10-19(15(2)24(14)11-16-6-5-9-31-16)20(26)13-30-21(27)12-25-22(28)17-7-3-4-8-18(17)23(25)29/h5-6,9-10,17-18H,3-4,7-8,11-13H2,1-2H3/t17-,18-/m0/s1. The number of amides is 2. The van der Waals surface area contributed by atoms with E-state index in [-0.39, 0.29) is 29.4 Å². The Labute approximate surface area is 185 Å². The first-order valence-electron chi connectivity index (χ1n) is 10.6. The summed E-state index contributed by atoms with van der Waals surface area (Å²) in [5, 5.41) is 2.01. The molecule has 2 aromatic rings. The number of Topliss-reactive ketones (excluding diaryl/α,β-unsaturated/α-hetero) is 1. The molecule has 0 bridgehead atoms. The zero-order valence-electron chi connectivity index (χ0n) is 17.8. The van der Waals surface area contributed by atoms with Gasteiger partial charge in [-0.3, -0.25) is 24.1 Å². The molecule has 1 aliphatic heterocycles. The van der Waals surface area contributed by atoms with Crippen LogP contribution in [0.1, 0.15) is 52.3 Å². The second kappa shape index (κ2) is 8.78. The molecule has 0 radical (unpaired) electrons. The van der Waals surface area contributed by atoms with Gasteiger partial charge >= 0.3 is 5.97 Å². The molecule has 31 heavy (non-hydrogen) atoms. The van der Waals surface area contributed by atoms with Gasteiger partial charge in [-0.25, -0.2) is 0 Å². The summed E-state index contributed by atoms with van der Waals surface area (Å²) >= 11 is 1.65. The smallest absolute Gasteiger partial charge is 0.326 e. The Bertz CT molecular complexity index is 999. The number of nitrogens with zero attached hydrogens (tertiary/aromatic N) is 2. The number of ether oxygens (including phenoxy) is 1. The lowest BCUT2D eigenvalue weighted by molar-refractivity contribution is -0.152. The first kappa shape index (κ1) is 21.5. The van der Waals surface area contributed by atoms with Gasteiger partial charge in [0, 0.05) is 21.8 Å². The van der Waals surface area contributed by atoms with Gasteiger partial charge in [-0.15, -0.1) is 11.3 Å². The maximum absolute atomic E-state index is 12.7. The Morgan fingerprint density at radius 1 is 1.13 bits per heavy atom. The van der Waals surface area contributed by atoms with Crippen molar-refractivity contribution in [3.8, 4) is 0 Å². The second-order valence-electron chi connectivity index (χ2n) is 8.29. The van der Waals surface area contributed by atoms with E-state index < -0.39 is 19.1 Å². The third-order valence-corrected chi connectivity index (χ3v) is 7.21. The van der Waals surface area contributed by atoms with Gasteiger partial charge in [-0.1, -0.05) is 18.9 Å². The number of rotatable bonds is 7. The molecule has 2 fully saturated rings. The zero-order valence-corrected chi connectivity index (χ0v) is 18.6. The van der Waals surface area contributed by atoms with E-state index in [0.29, 0.717) is 24.9 Å². The van der Waals surface area contributed by atoms with Gasteiger partial charge in [0.25, 0.3) is 0 Å². The van der Waals surface area contributed by atoms with Crippen LogP contribution in [0.2, 0.25) is 0 Å². The number of fused-ring (bicyclic) bond motifs is 1. The lowest BCUT2D eigenvalue weighted by atomic mass is 9.81. The van der Waals surface area contributed by atoms with Crippen molar-refractivity contribution in [3.05, 3.63) is 45.4 Å². The van der Waals surface area contributed by atoms with Crippen LogP contribution in [0.3, 0.4) is 0 Å². The number of aromatic nitrogens is 1. The molecule has 2 aliphatic rings. The number of ketones is 1. The van der Waals surface area contributed by atoms with E-state index in [0.717, 1.165) is 29.1 Å². The van der Waals surface area contributed by atoms with Crippen molar-refractivity contribution in [1.82, 2.24) is 9.47 Å². The molecule has 0 unspecified atom stereocenters. The highest BCUT2D eigenvalue weighted by Gasteiger charge is 2.48. The van der Waals surface area contributed by atoms with Crippen LogP contribution >= 0.6 is 11.3 Å². The molecule has 8 heteroatoms. The van der Waals surface area contributed by atoms with E-state index >= 15 is 0 Å². The Hall–Kier alpha value is -2.74. The van der Waals surface area contributed by atoms with Crippen LogP contribution in [0, 0.1) is 25.7 Å². The van der Waals surface area contributed by atoms with Crippen LogP contribution in [-0.4, -0.2) is 46.2 Å². The van der Waals surface area contributed by atoms with Gasteiger partial charge in [0.05, 0.1) is 18.4 Å². The Morgan fingerprint density at radius 2 is 1.81 bits per heavy atom. The number of thiophene rings is 1. The minimum absolute atomic E-state index is 0.282. The zero-order chi connectivity index (χ0) is 22.1. The Kier molecular flexibility index (Phi) is 6.09. The first-order valence-corrected chi connectivity index (χ1v) is 11.5. The van der Waals surface area contributed by atoms with E-state index in [1.54, 1.807) is 17.4 Å². The van der Waals surface area contributed by atoms with Crippen molar-refractivity contribution in [3.63, 3.8) is 0 Å². The quantitative estimate of drug-likeness (QED) is 0.374. The largest absolute Gasteiger partial charge is 0.456 e. The Morgan fingerprint density at radius 3 is 2.42 bits per heavy atom. The maximum Gasteiger partial charge on any atom is 0.326 e. The maximum atomic E-state index is 12.7. The van der Waals surface area contributed by atoms with Gasteiger partial charge in [0.15, 0.2) is 6.61 Å². The average Bonchev–Trinajstić information content (AvgIpc) is 3.44. The van der Waals surface area contributed by atoms with Gasteiger partial charge in [-0.05, 0) is 44.2 Å². The van der Waals surface area contributed by atoms with Crippen LogP contribution in [0.5, 0.6) is 0 Å². The number of carbonyl (C=O) groups excluding carboxylic acids is 4. The molecule has 2 amide bonds. The van der Waals surface area contributed by atoms with E-state index in [1.165, 1.54) is 4.88 Å². The predicted octanol–water partition coefficient (Wildman–Crippen LogP) is 3.12. The third kappa shape index (κ3) is 4.21. The van der Waals surface area contributed by atoms with Gasteiger partial charge in [0.1, 0.15) is 6.54 Å². The van der Waals surface area contributed by atoms with Crippen LogP contribution in [0.15, 0.2) is 23.6 Å². The highest BCUT2D eigenvalue weighted by molar-refractivity contribution is 7.09. The molecule has 4 rings (SSSR count). The molecule has 1 saturated heterocycles. The number of likely N-dealkylation sites (tertiary alicyclic amines) is 1. The number of aryl methyl sites for hydroxylation is 1. The molecular weight excluding hydrogens is 416 g/mol. The van der Waals surface area contributed by atoms with Gasteiger partial charge in [-0.2, -0.15) is 0 Å². The number of carbonyl (C=O) groups is 4. The highest BCUT2D eigenvalue weighted by atomic mass is 32.1. The van der Waals surface area contributed by atoms with E-state index in [1.807, 2.05) is 31.4 Å². The SMILES string of the molecule is Cc1cc(C(=O)COC(=O)CN2C(=O)[C@H]3CCCC[C@@H]3C2=O)c(C)n1Cc1cccs1. The van der Waals surface area contributed by atoms with Crippen molar-refractivity contribution in [1.29, 1.82) is 0 Å². The van der Waals surface area contributed by atoms with Crippen molar-refractivity contribution >= 4 is 34.9 Å². The van der Waals surface area contributed by atoms with E-state index in [4.69, 9.17) is 4.74 Å². The lowest BCUT2D eigenvalue weighted by Gasteiger charge is -2.19. The molecule has 164 valence electrons. The van der Waals surface area contributed by atoms with Crippen molar-refractivity contribution in [2.45, 2.75) is 46.1 Å². The minimum atomic E-state index is -0.735. The molecule has 2 aromatic heterocycles. The van der Waals surface area contributed by atoms with Gasteiger partial charge < -0.3 is 9.30 Å². The molecular formula is C23H26N2O5S. The normalized spacial score (nSPS) is 20.8. The van der Waals surface area contributed by atoms with Crippen molar-refractivity contribution in [2.24, 2.45) is 11.8 Å². The fourth-order valence-corrected chi connectivity index (χ4v) is 5.36. The summed E-state index contributed by atoms with van der Waals surface area (Å²) < 4.78 is 7.20. The number of hydrogen-bond acceptors (Lipinski definition) is 6. The summed E-state index contributed by atoms with van der Waals surface area (Å²) in [6.45, 7) is 3.66. The number of imide groups is 1. The van der Waals surface area contributed by atoms with E-state index in [9.17, 15) is 19.2 Å². The summed E-state index contributed by atoms with van der Waals surface area (Å²) in [5.74, 6) is -2.20. The molecule has 2 atom stereocenters. The minimum Gasteiger partial charge on any atom is -0.456 e. The molecule has 0 aromatic carbocycles. The van der Waals surface area contributed by atoms with Crippen molar-refractivity contribution in [2.75, 3.05) is 13.2 Å². The Balaban J connectivity index is 1.35. The topological polar surface area (TPSA) is 85.7 Å². The van der Waals surface area contributed by atoms with Crippen LogP contribution < -0.4 is 0 Å². The van der Waals surface area contributed by atoms with Crippen LogP contribution in [0.4, 0.5) is 0 Å². The summed E-state index contributed by atoms with van der Waals surface area (Å²) in [7, 11) is 0.